The summed E-state index contributed by atoms with van der Waals surface area (Å²) in [5, 5.41) is 15.4. The molecule has 2 amide bonds. The average Bonchev–Trinajstić information content (AvgIpc) is 3.34. The van der Waals surface area contributed by atoms with Crippen molar-refractivity contribution in [2.75, 3.05) is 20.0 Å². The number of methoxy groups -OCH3 is 2. The molecule has 11 heteroatoms. The zero-order valence-electron chi connectivity index (χ0n) is 17.7. The molecule has 3 rings (SSSR count). The number of benzene rings is 1. The van der Waals surface area contributed by atoms with Crippen LogP contribution in [0.5, 0.6) is 5.75 Å². The maximum absolute atomic E-state index is 12.9. The fourth-order valence-corrected chi connectivity index (χ4v) is 4.78. The van der Waals surface area contributed by atoms with Gasteiger partial charge >= 0.3 is 5.97 Å². The Morgan fingerprint density at radius 2 is 2.12 bits per heavy atom. The number of ether oxygens (including phenoxy) is 2. The van der Waals surface area contributed by atoms with Crippen molar-refractivity contribution < 1.29 is 28.3 Å². The molecule has 2 aromatic rings. The van der Waals surface area contributed by atoms with Crippen LogP contribution in [0.4, 0.5) is 0 Å². The number of hydrogen-bond donors (Lipinski definition) is 2. The van der Waals surface area contributed by atoms with Crippen molar-refractivity contribution in [3.63, 3.8) is 0 Å². The molecule has 0 saturated carbocycles. The molecule has 0 fully saturated rings. The van der Waals surface area contributed by atoms with E-state index in [0.717, 1.165) is 11.8 Å². The number of nitriles is 1. The predicted molar refractivity (Wildman–Crippen MR) is 123 cm³/mol. The van der Waals surface area contributed by atoms with Gasteiger partial charge in [0, 0.05) is 5.92 Å². The summed E-state index contributed by atoms with van der Waals surface area (Å²) in [7, 11) is 2.69. The van der Waals surface area contributed by atoms with Crippen LogP contribution in [-0.4, -0.2) is 37.8 Å². The Kier molecular flexibility index (Phi) is 8.19. The van der Waals surface area contributed by atoms with Gasteiger partial charge in [-0.2, -0.15) is 5.26 Å². The molecule has 1 aromatic heterocycles. The highest BCUT2D eigenvalue weighted by atomic mass is 79.9. The van der Waals surface area contributed by atoms with Gasteiger partial charge in [0.05, 0.1) is 53.9 Å². The van der Waals surface area contributed by atoms with Gasteiger partial charge in [0.2, 0.25) is 11.8 Å². The molecule has 2 atom stereocenters. The first-order valence-corrected chi connectivity index (χ1v) is 11.5. The molecule has 0 spiro atoms. The number of hydrogen-bond acceptors (Lipinski definition) is 8. The van der Waals surface area contributed by atoms with Gasteiger partial charge < -0.3 is 24.5 Å². The summed E-state index contributed by atoms with van der Waals surface area (Å²) < 4.78 is 15.8. The van der Waals surface area contributed by atoms with Gasteiger partial charge in [0.25, 0.3) is 0 Å². The van der Waals surface area contributed by atoms with Crippen molar-refractivity contribution in [1.29, 1.82) is 5.26 Å². The third-order valence-corrected chi connectivity index (χ3v) is 6.54. The Hall–Kier alpha value is -3.23. The highest BCUT2D eigenvalue weighted by Crippen LogP contribution is 2.42. The summed E-state index contributed by atoms with van der Waals surface area (Å²) in [6.07, 6.45) is 1.51. The summed E-state index contributed by atoms with van der Waals surface area (Å²) >= 11 is 4.40. The molecule has 0 unspecified atom stereocenters. The molecule has 0 bridgehead atoms. The quantitative estimate of drug-likeness (QED) is 0.391. The van der Waals surface area contributed by atoms with Gasteiger partial charge in [-0.05, 0) is 45.8 Å². The van der Waals surface area contributed by atoms with E-state index in [9.17, 15) is 19.6 Å². The Bertz CT molecular complexity index is 1130. The summed E-state index contributed by atoms with van der Waals surface area (Å²) in [6.45, 7) is 0.218. The highest BCUT2D eigenvalue weighted by Gasteiger charge is 2.44. The standard InChI is InChI=1S/C22H20BrN3O6S/c1-30-16-6-5-12(8-15(16)23)18-14(9-24)21(26-20(28)19(18)22(29)31-2)33-11-17(27)25-10-13-4-3-7-32-13/h3-8,18-19H,10-11H2,1-2H3,(H,25,27)(H,26,28)/t18-,19+/m0/s1. The molecule has 1 aliphatic heterocycles. The first kappa shape index (κ1) is 24.4. The van der Waals surface area contributed by atoms with Crippen molar-refractivity contribution in [2.45, 2.75) is 12.5 Å². The van der Waals surface area contributed by atoms with Crippen LogP contribution in [0.3, 0.4) is 0 Å². The van der Waals surface area contributed by atoms with E-state index in [1.165, 1.54) is 20.5 Å². The van der Waals surface area contributed by atoms with Crippen LogP contribution in [0, 0.1) is 17.2 Å². The number of carbonyl (C=O) groups excluding carboxylic acids is 3. The number of furan rings is 1. The fourth-order valence-electron chi connectivity index (χ4n) is 3.34. The van der Waals surface area contributed by atoms with E-state index in [0.29, 0.717) is 21.5 Å². The Balaban J connectivity index is 1.89. The highest BCUT2D eigenvalue weighted by molar-refractivity contribution is 9.10. The van der Waals surface area contributed by atoms with Crippen LogP contribution in [0.2, 0.25) is 0 Å². The lowest BCUT2D eigenvalue weighted by Gasteiger charge is -2.31. The van der Waals surface area contributed by atoms with Gasteiger partial charge in [-0.15, -0.1) is 0 Å². The van der Waals surface area contributed by atoms with Crippen molar-refractivity contribution in [1.82, 2.24) is 10.6 Å². The van der Waals surface area contributed by atoms with Gasteiger partial charge in [0.15, 0.2) is 0 Å². The molecule has 2 heterocycles. The number of rotatable bonds is 8. The number of nitrogens with zero attached hydrogens (tertiary/aromatic N) is 1. The van der Waals surface area contributed by atoms with Gasteiger partial charge in [0.1, 0.15) is 17.4 Å². The second-order valence-electron chi connectivity index (χ2n) is 6.86. The van der Waals surface area contributed by atoms with E-state index in [1.807, 2.05) is 0 Å². The van der Waals surface area contributed by atoms with Gasteiger partial charge in [-0.25, -0.2) is 0 Å². The first-order valence-electron chi connectivity index (χ1n) is 9.67. The Morgan fingerprint density at radius 1 is 1.33 bits per heavy atom. The second-order valence-corrected chi connectivity index (χ2v) is 8.70. The predicted octanol–water partition coefficient (Wildman–Crippen LogP) is 2.84. The van der Waals surface area contributed by atoms with E-state index in [1.54, 1.807) is 30.3 Å². The van der Waals surface area contributed by atoms with E-state index in [4.69, 9.17) is 13.9 Å². The minimum absolute atomic E-state index is 0.0522. The molecule has 9 nitrogen and oxygen atoms in total. The second kappa shape index (κ2) is 11.1. The van der Waals surface area contributed by atoms with Crippen molar-refractivity contribution in [3.8, 4) is 11.8 Å². The lowest BCUT2D eigenvalue weighted by Crippen LogP contribution is -2.44. The van der Waals surface area contributed by atoms with Crippen LogP contribution in [0.15, 0.2) is 56.1 Å². The third kappa shape index (κ3) is 5.58. The zero-order chi connectivity index (χ0) is 24.0. The van der Waals surface area contributed by atoms with Crippen molar-refractivity contribution >= 4 is 45.5 Å². The monoisotopic (exact) mass is 533 g/mol. The summed E-state index contributed by atoms with van der Waals surface area (Å²) in [6, 6.07) is 10.6. The van der Waals surface area contributed by atoms with Crippen LogP contribution in [-0.2, 0) is 25.7 Å². The maximum Gasteiger partial charge on any atom is 0.319 e. The van der Waals surface area contributed by atoms with Crippen LogP contribution < -0.4 is 15.4 Å². The van der Waals surface area contributed by atoms with E-state index >= 15 is 0 Å². The third-order valence-electron chi connectivity index (χ3n) is 4.91. The molecule has 172 valence electrons. The lowest BCUT2D eigenvalue weighted by molar-refractivity contribution is -0.150. The molecule has 2 N–H and O–H groups in total. The Morgan fingerprint density at radius 3 is 2.73 bits per heavy atom. The van der Waals surface area contributed by atoms with Crippen LogP contribution in [0.25, 0.3) is 0 Å². The van der Waals surface area contributed by atoms with Crippen LogP contribution >= 0.6 is 27.7 Å². The maximum atomic E-state index is 12.9. The lowest BCUT2D eigenvalue weighted by atomic mass is 9.78. The van der Waals surface area contributed by atoms with Crippen molar-refractivity contribution in [3.05, 3.63) is 63.0 Å². The van der Waals surface area contributed by atoms with Gasteiger partial charge in [-0.1, -0.05) is 17.8 Å². The minimum atomic E-state index is -1.26. The smallest absolute Gasteiger partial charge is 0.319 e. The Labute approximate surface area is 202 Å². The van der Waals surface area contributed by atoms with Crippen molar-refractivity contribution in [2.24, 2.45) is 5.92 Å². The zero-order valence-corrected chi connectivity index (χ0v) is 20.1. The summed E-state index contributed by atoms with van der Waals surface area (Å²) in [4.78, 5) is 37.6. The molecule has 33 heavy (non-hydrogen) atoms. The molecule has 0 aliphatic carbocycles. The molecule has 0 radical (unpaired) electrons. The fraction of sp³-hybridized carbons (Fsp3) is 0.273. The molecule has 1 aromatic carbocycles. The largest absolute Gasteiger partial charge is 0.496 e. The van der Waals surface area contributed by atoms with Gasteiger partial charge in [-0.3, -0.25) is 14.4 Å². The number of esters is 1. The average molecular weight is 534 g/mol. The number of nitrogens with one attached hydrogen (secondary N) is 2. The number of carbonyl (C=O) groups is 3. The molecular formula is C22H20BrN3O6S. The van der Waals surface area contributed by atoms with E-state index in [-0.39, 0.29) is 28.8 Å². The summed E-state index contributed by atoms with van der Waals surface area (Å²) in [5.74, 6) is -2.75. The van der Waals surface area contributed by atoms with E-state index < -0.39 is 23.7 Å². The minimum Gasteiger partial charge on any atom is -0.496 e. The normalized spacial score (nSPS) is 17.7. The van der Waals surface area contributed by atoms with E-state index in [2.05, 4.69) is 32.6 Å². The number of allylic oxidation sites excluding steroid dienone is 1. The number of thioether (sulfide) groups is 1. The molecule has 1 aliphatic rings. The van der Waals surface area contributed by atoms with Crippen LogP contribution in [0.1, 0.15) is 17.2 Å². The first-order chi connectivity index (χ1) is 15.9. The molecular weight excluding hydrogens is 514 g/mol. The topological polar surface area (TPSA) is 131 Å². The molecule has 0 saturated heterocycles. The number of halogens is 1. The summed E-state index contributed by atoms with van der Waals surface area (Å²) in [5.41, 5.74) is 0.704. The number of amides is 2. The SMILES string of the molecule is COC(=O)[C@H]1C(=O)NC(SCC(=O)NCc2ccco2)=C(C#N)[C@@H]1c1ccc(OC)c(Br)c1.